The number of anilines is 1. The number of nitrogens with zero attached hydrogens (tertiary/aromatic N) is 1. The lowest BCUT2D eigenvalue weighted by atomic mass is 10.1. The third-order valence-corrected chi connectivity index (χ3v) is 5.34. The summed E-state index contributed by atoms with van der Waals surface area (Å²) in [5, 5.41) is 0. The summed E-state index contributed by atoms with van der Waals surface area (Å²) in [5.41, 5.74) is 0.477. The van der Waals surface area contributed by atoms with Crippen molar-refractivity contribution in [3.63, 3.8) is 0 Å². The summed E-state index contributed by atoms with van der Waals surface area (Å²) >= 11 is 5.55. The molecule has 0 radical (unpaired) electrons. The largest absolute Gasteiger partial charge is 0.465 e. The van der Waals surface area contributed by atoms with E-state index in [9.17, 15) is 18.0 Å². The lowest BCUT2D eigenvalue weighted by Gasteiger charge is -2.22. The fourth-order valence-corrected chi connectivity index (χ4v) is 3.95. The second-order valence-electron chi connectivity index (χ2n) is 6.05. The van der Waals surface area contributed by atoms with Gasteiger partial charge in [0, 0.05) is 24.5 Å². The lowest BCUT2D eigenvalue weighted by Crippen LogP contribution is -2.32. The molecule has 0 saturated heterocycles. The van der Waals surface area contributed by atoms with Crippen molar-refractivity contribution in [2.75, 3.05) is 36.6 Å². The van der Waals surface area contributed by atoms with Crippen LogP contribution in [0.1, 0.15) is 53.8 Å². The molecular weight excluding hydrogens is 392 g/mol. The highest BCUT2D eigenvalue weighted by Gasteiger charge is 2.20. The van der Waals surface area contributed by atoms with Crippen LogP contribution in [-0.2, 0) is 14.8 Å². The Morgan fingerprint density at radius 1 is 1.11 bits per heavy atom. The van der Waals surface area contributed by atoms with Crippen LogP contribution < -0.4 is 4.72 Å². The Morgan fingerprint density at radius 3 is 2.22 bits per heavy atom. The van der Waals surface area contributed by atoms with Crippen LogP contribution in [0.3, 0.4) is 0 Å². The van der Waals surface area contributed by atoms with E-state index < -0.39 is 16.0 Å². The molecule has 0 bridgehead atoms. The molecule has 27 heavy (non-hydrogen) atoms. The van der Waals surface area contributed by atoms with E-state index in [1.165, 1.54) is 25.3 Å². The molecule has 9 heteroatoms. The van der Waals surface area contributed by atoms with Crippen molar-refractivity contribution >= 4 is 39.2 Å². The van der Waals surface area contributed by atoms with Gasteiger partial charge in [0.1, 0.15) is 0 Å². The molecule has 0 aliphatic carbocycles. The molecule has 0 aliphatic rings. The van der Waals surface area contributed by atoms with Crippen LogP contribution in [0.2, 0.25) is 0 Å². The maximum absolute atomic E-state index is 12.9. The first-order valence-electron chi connectivity index (χ1n) is 8.87. The second kappa shape index (κ2) is 11.1. The minimum absolute atomic E-state index is 0.103. The zero-order chi connectivity index (χ0) is 20.4. The van der Waals surface area contributed by atoms with E-state index in [1.807, 2.05) is 13.8 Å². The molecule has 1 aromatic rings. The van der Waals surface area contributed by atoms with Crippen molar-refractivity contribution in [1.29, 1.82) is 0 Å². The van der Waals surface area contributed by atoms with E-state index in [-0.39, 0.29) is 34.4 Å². The first-order valence-corrected chi connectivity index (χ1v) is 11.1. The number of amides is 1. The van der Waals surface area contributed by atoms with Crippen molar-refractivity contribution in [2.24, 2.45) is 0 Å². The van der Waals surface area contributed by atoms with Gasteiger partial charge in [-0.1, -0.05) is 13.8 Å². The van der Waals surface area contributed by atoms with Crippen LogP contribution >= 0.6 is 11.6 Å². The smallest absolute Gasteiger partial charge is 0.337 e. The van der Waals surface area contributed by atoms with E-state index in [1.54, 1.807) is 4.90 Å². The van der Waals surface area contributed by atoms with Crippen LogP contribution in [0.4, 0.5) is 5.69 Å². The van der Waals surface area contributed by atoms with Crippen LogP contribution in [0.25, 0.3) is 0 Å². The highest BCUT2D eigenvalue weighted by atomic mass is 35.5. The van der Waals surface area contributed by atoms with Gasteiger partial charge >= 0.3 is 5.97 Å². The highest BCUT2D eigenvalue weighted by Crippen LogP contribution is 2.19. The number of nitrogens with one attached hydrogen (secondary N) is 1. The minimum Gasteiger partial charge on any atom is -0.465 e. The van der Waals surface area contributed by atoms with Crippen LogP contribution in [0.15, 0.2) is 18.2 Å². The number of methoxy groups -OCH3 is 1. The predicted molar refractivity (Wildman–Crippen MR) is 107 cm³/mol. The SMILES string of the molecule is CCCN(CCC)C(=O)c1cc(NS(=O)(=O)CCCCl)cc(C(=O)OC)c1. The summed E-state index contributed by atoms with van der Waals surface area (Å²) in [6.07, 6.45) is 1.88. The topological polar surface area (TPSA) is 92.8 Å². The predicted octanol–water partition coefficient (Wildman–Crippen LogP) is 3.11. The van der Waals surface area contributed by atoms with Gasteiger partial charge < -0.3 is 9.64 Å². The molecular formula is C18H27ClN2O5S. The number of halogens is 1. The summed E-state index contributed by atoms with van der Waals surface area (Å²) in [6.45, 7) is 5.09. The summed E-state index contributed by atoms with van der Waals surface area (Å²) in [6, 6.07) is 4.21. The van der Waals surface area contributed by atoms with Crippen LogP contribution in [0.5, 0.6) is 0 Å². The van der Waals surface area contributed by atoms with Crippen LogP contribution in [-0.4, -0.2) is 57.0 Å². The fraction of sp³-hybridized carbons (Fsp3) is 0.556. The molecule has 1 rings (SSSR count). The third-order valence-electron chi connectivity index (χ3n) is 3.70. The molecule has 0 saturated carbocycles. The Balaban J connectivity index is 3.27. The summed E-state index contributed by atoms with van der Waals surface area (Å²) in [5.74, 6) is -0.843. The third kappa shape index (κ3) is 7.38. The lowest BCUT2D eigenvalue weighted by molar-refractivity contribution is 0.0600. The molecule has 0 unspecified atom stereocenters. The number of hydrogen-bond acceptors (Lipinski definition) is 5. The quantitative estimate of drug-likeness (QED) is 0.440. The average molecular weight is 419 g/mol. The number of hydrogen-bond donors (Lipinski definition) is 1. The summed E-state index contributed by atoms with van der Waals surface area (Å²) in [4.78, 5) is 26.5. The molecule has 152 valence electrons. The summed E-state index contributed by atoms with van der Waals surface area (Å²) in [7, 11) is -2.42. The van der Waals surface area contributed by atoms with E-state index in [0.717, 1.165) is 12.8 Å². The van der Waals surface area contributed by atoms with Gasteiger partial charge in [0.25, 0.3) is 5.91 Å². The maximum atomic E-state index is 12.9. The van der Waals surface area contributed by atoms with Gasteiger partial charge in [-0.3, -0.25) is 9.52 Å². The normalized spacial score (nSPS) is 11.1. The molecule has 0 fully saturated rings. The molecule has 0 atom stereocenters. The fourth-order valence-electron chi connectivity index (χ4n) is 2.56. The minimum atomic E-state index is -3.64. The first-order chi connectivity index (χ1) is 12.8. The zero-order valence-corrected chi connectivity index (χ0v) is 17.5. The maximum Gasteiger partial charge on any atom is 0.337 e. The van der Waals surface area contributed by atoms with Crippen molar-refractivity contribution in [2.45, 2.75) is 33.1 Å². The zero-order valence-electron chi connectivity index (χ0n) is 16.0. The number of rotatable bonds is 11. The van der Waals surface area contributed by atoms with E-state index in [4.69, 9.17) is 16.3 Å². The highest BCUT2D eigenvalue weighted by molar-refractivity contribution is 7.92. The van der Waals surface area contributed by atoms with Crippen molar-refractivity contribution in [3.05, 3.63) is 29.3 Å². The van der Waals surface area contributed by atoms with Gasteiger partial charge in [0.15, 0.2) is 0 Å². The number of benzene rings is 1. The molecule has 1 aromatic carbocycles. The Morgan fingerprint density at radius 2 is 1.70 bits per heavy atom. The van der Waals surface area contributed by atoms with Gasteiger partial charge in [-0.15, -0.1) is 11.6 Å². The van der Waals surface area contributed by atoms with Gasteiger partial charge in [-0.05, 0) is 37.5 Å². The van der Waals surface area contributed by atoms with Crippen molar-refractivity contribution < 1.29 is 22.7 Å². The standard InChI is InChI=1S/C18H27ClN2O5S/c1-4-8-21(9-5-2)17(22)14-11-15(18(23)26-3)13-16(12-14)20-27(24,25)10-6-7-19/h11-13,20H,4-10H2,1-3H3. The van der Waals surface area contributed by atoms with Gasteiger partial charge in [-0.2, -0.15) is 0 Å². The summed E-state index contributed by atoms with van der Waals surface area (Å²) < 4.78 is 31.4. The van der Waals surface area contributed by atoms with E-state index >= 15 is 0 Å². The van der Waals surface area contributed by atoms with E-state index in [0.29, 0.717) is 19.5 Å². The second-order valence-corrected chi connectivity index (χ2v) is 8.27. The molecule has 0 aliphatic heterocycles. The Kier molecular flexibility index (Phi) is 9.59. The number of carbonyl (C=O) groups is 2. The molecule has 1 N–H and O–H groups in total. The molecule has 0 spiro atoms. The molecule has 1 amide bonds. The Labute approximate surface area is 166 Å². The first kappa shape index (κ1) is 23.2. The number of ether oxygens (including phenoxy) is 1. The van der Waals surface area contributed by atoms with Crippen molar-refractivity contribution in [1.82, 2.24) is 4.90 Å². The number of alkyl halides is 1. The van der Waals surface area contributed by atoms with Crippen LogP contribution in [0, 0.1) is 0 Å². The molecule has 0 aromatic heterocycles. The molecule has 0 heterocycles. The Hall–Kier alpha value is -1.80. The molecule has 7 nitrogen and oxygen atoms in total. The van der Waals surface area contributed by atoms with E-state index in [2.05, 4.69) is 4.72 Å². The number of sulfonamides is 1. The van der Waals surface area contributed by atoms with Gasteiger partial charge in [-0.25, -0.2) is 13.2 Å². The number of esters is 1. The van der Waals surface area contributed by atoms with Crippen molar-refractivity contribution in [3.8, 4) is 0 Å². The Bertz CT molecular complexity index is 746. The van der Waals surface area contributed by atoms with Gasteiger partial charge in [0.2, 0.25) is 10.0 Å². The average Bonchev–Trinajstić information content (AvgIpc) is 2.64. The van der Waals surface area contributed by atoms with Gasteiger partial charge in [0.05, 0.1) is 24.1 Å². The monoisotopic (exact) mass is 418 g/mol. The number of carbonyl (C=O) groups excluding carboxylic acids is 2.